The molecule has 1 aromatic heterocycles. The summed E-state index contributed by atoms with van der Waals surface area (Å²) in [5, 5.41) is 0. The number of nitrogens with zero attached hydrogens (tertiary/aromatic N) is 4. The third-order valence-electron chi connectivity index (χ3n) is 5.13. The summed E-state index contributed by atoms with van der Waals surface area (Å²) >= 11 is 0. The predicted octanol–water partition coefficient (Wildman–Crippen LogP) is 2.64. The van der Waals surface area contributed by atoms with Gasteiger partial charge in [-0.3, -0.25) is 4.79 Å². The molecule has 2 aliphatic rings. The van der Waals surface area contributed by atoms with E-state index in [2.05, 4.69) is 45.1 Å². The van der Waals surface area contributed by atoms with Crippen LogP contribution in [0.1, 0.15) is 23.3 Å². The molecule has 3 heterocycles. The average molecular weight is 336 g/mol. The van der Waals surface area contributed by atoms with E-state index >= 15 is 0 Å². The molecular formula is C20H24N4O. The van der Waals surface area contributed by atoms with Gasteiger partial charge in [0.1, 0.15) is 5.69 Å². The molecule has 0 bridgehead atoms. The molecule has 4 rings (SSSR count). The van der Waals surface area contributed by atoms with Crippen molar-refractivity contribution in [2.24, 2.45) is 0 Å². The highest BCUT2D eigenvalue weighted by Gasteiger charge is 2.21. The van der Waals surface area contributed by atoms with E-state index in [1.54, 1.807) is 0 Å². The summed E-state index contributed by atoms with van der Waals surface area (Å²) in [6.45, 7) is 5.66. The molecule has 2 aliphatic heterocycles. The van der Waals surface area contributed by atoms with Gasteiger partial charge in [0.2, 0.25) is 0 Å². The number of piperazine rings is 1. The first-order valence-electron chi connectivity index (χ1n) is 9.11. The third-order valence-corrected chi connectivity index (χ3v) is 5.13. The highest BCUT2D eigenvalue weighted by molar-refractivity contribution is 5.92. The van der Waals surface area contributed by atoms with Crippen LogP contribution in [-0.2, 0) is 0 Å². The highest BCUT2D eigenvalue weighted by Crippen LogP contribution is 2.20. The molecule has 1 amide bonds. The molecule has 1 aromatic carbocycles. The number of pyridine rings is 1. The van der Waals surface area contributed by atoms with E-state index in [1.165, 1.54) is 5.69 Å². The fourth-order valence-electron chi connectivity index (χ4n) is 3.64. The number of carbonyl (C=O) groups excluding carboxylic acids is 1. The van der Waals surface area contributed by atoms with Crippen molar-refractivity contribution in [3.63, 3.8) is 0 Å². The Balaban J connectivity index is 1.37. The van der Waals surface area contributed by atoms with E-state index < -0.39 is 0 Å². The number of benzene rings is 1. The molecule has 0 N–H and O–H groups in total. The van der Waals surface area contributed by atoms with Crippen LogP contribution in [-0.4, -0.2) is 55.1 Å². The van der Waals surface area contributed by atoms with Crippen molar-refractivity contribution >= 4 is 17.3 Å². The summed E-state index contributed by atoms with van der Waals surface area (Å²) in [6.07, 6.45) is 4.06. The van der Waals surface area contributed by atoms with E-state index in [-0.39, 0.29) is 5.91 Å². The molecule has 130 valence electrons. The lowest BCUT2D eigenvalue weighted by molar-refractivity contribution is 0.0787. The minimum absolute atomic E-state index is 0.0675. The largest absolute Gasteiger partial charge is 0.368 e. The van der Waals surface area contributed by atoms with Crippen molar-refractivity contribution in [3.8, 4) is 0 Å². The van der Waals surface area contributed by atoms with Crippen LogP contribution in [0.3, 0.4) is 0 Å². The zero-order chi connectivity index (χ0) is 17.1. The first-order valence-corrected chi connectivity index (χ1v) is 9.11. The van der Waals surface area contributed by atoms with Crippen molar-refractivity contribution in [2.45, 2.75) is 12.8 Å². The van der Waals surface area contributed by atoms with Crippen LogP contribution in [0.25, 0.3) is 0 Å². The Hall–Kier alpha value is -2.56. The van der Waals surface area contributed by atoms with Crippen LogP contribution in [0.4, 0.5) is 11.4 Å². The molecule has 0 atom stereocenters. The van der Waals surface area contributed by atoms with Gasteiger partial charge < -0.3 is 14.7 Å². The number of anilines is 2. The lowest BCUT2D eigenvalue weighted by atomic mass is 10.2. The minimum atomic E-state index is 0.0675. The van der Waals surface area contributed by atoms with E-state index in [1.807, 2.05) is 23.2 Å². The van der Waals surface area contributed by atoms with Gasteiger partial charge in [0.25, 0.3) is 5.91 Å². The number of likely N-dealkylation sites (tertiary alicyclic amines) is 1. The first-order chi connectivity index (χ1) is 12.3. The second-order valence-corrected chi connectivity index (χ2v) is 6.71. The molecule has 5 nitrogen and oxygen atoms in total. The van der Waals surface area contributed by atoms with Crippen LogP contribution >= 0.6 is 0 Å². The third kappa shape index (κ3) is 3.45. The second-order valence-electron chi connectivity index (χ2n) is 6.71. The zero-order valence-electron chi connectivity index (χ0n) is 14.5. The van der Waals surface area contributed by atoms with Crippen molar-refractivity contribution < 1.29 is 4.79 Å². The zero-order valence-corrected chi connectivity index (χ0v) is 14.5. The van der Waals surface area contributed by atoms with E-state index in [9.17, 15) is 4.79 Å². The quantitative estimate of drug-likeness (QED) is 0.864. The average Bonchev–Trinajstić information content (AvgIpc) is 3.23. The Labute approximate surface area is 148 Å². The topological polar surface area (TPSA) is 39.7 Å². The number of para-hydroxylation sites is 1. The van der Waals surface area contributed by atoms with Crippen LogP contribution in [0, 0.1) is 0 Å². The van der Waals surface area contributed by atoms with Gasteiger partial charge in [0.15, 0.2) is 0 Å². The van der Waals surface area contributed by atoms with Crippen LogP contribution in [0.15, 0.2) is 48.7 Å². The lowest BCUT2D eigenvalue weighted by Gasteiger charge is -2.37. The summed E-state index contributed by atoms with van der Waals surface area (Å²) in [7, 11) is 0. The number of rotatable bonds is 3. The number of amides is 1. The summed E-state index contributed by atoms with van der Waals surface area (Å²) in [6, 6.07) is 14.5. The number of hydrogen-bond donors (Lipinski definition) is 0. The van der Waals surface area contributed by atoms with Crippen molar-refractivity contribution in [2.75, 3.05) is 49.1 Å². The fraction of sp³-hybridized carbons (Fsp3) is 0.400. The van der Waals surface area contributed by atoms with Crippen molar-refractivity contribution in [3.05, 3.63) is 54.4 Å². The van der Waals surface area contributed by atoms with Gasteiger partial charge in [-0.15, -0.1) is 0 Å². The molecule has 5 heteroatoms. The van der Waals surface area contributed by atoms with Crippen molar-refractivity contribution in [1.82, 2.24) is 9.88 Å². The summed E-state index contributed by atoms with van der Waals surface area (Å²) in [5.74, 6) is 0.0675. The Morgan fingerprint density at radius 3 is 2.00 bits per heavy atom. The van der Waals surface area contributed by atoms with Gasteiger partial charge in [-0.25, -0.2) is 4.98 Å². The summed E-state index contributed by atoms with van der Waals surface area (Å²) < 4.78 is 0. The van der Waals surface area contributed by atoms with Gasteiger partial charge in [-0.05, 0) is 37.1 Å². The molecule has 0 radical (unpaired) electrons. The maximum Gasteiger partial charge on any atom is 0.272 e. The van der Waals surface area contributed by atoms with E-state index in [0.717, 1.165) is 57.8 Å². The molecule has 2 fully saturated rings. The SMILES string of the molecule is O=C(c1ccc(N2CCN(c3ccccc3)CC2)cn1)N1CCCC1. The van der Waals surface area contributed by atoms with Crippen LogP contribution < -0.4 is 9.80 Å². The number of aromatic nitrogens is 1. The summed E-state index contributed by atoms with van der Waals surface area (Å²) in [4.78, 5) is 23.5. The normalized spacial score (nSPS) is 17.8. The van der Waals surface area contributed by atoms with Gasteiger partial charge in [0, 0.05) is 45.0 Å². The molecule has 25 heavy (non-hydrogen) atoms. The molecular weight excluding hydrogens is 312 g/mol. The first kappa shape index (κ1) is 15.9. The fourth-order valence-corrected chi connectivity index (χ4v) is 3.64. The molecule has 0 spiro atoms. The maximum absolute atomic E-state index is 12.4. The van der Waals surface area contributed by atoms with E-state index in [0.29, 0.717) is 5.69 Å². The smallest absolute Gasteiger partial charge is 0.272 e. The van der Waals surface area contributed by atoms with Gasteiger partial charge in [-0.2, -0.15) is 0 Å². The van der Waals surface area contributed by atoms with E-state index in [4.69, 9.17) is 0 Å². The van der Waals surface area contributed by atoms with Crippen molar-refractivity contribution in [1.29, 1.82) is 0 Å². The number of hydrogen-bond acceptors (Lipinski definition) is 4. The molecule has 0 unspecified atom stereocenters. The second kappa shape index (κ2) is 7.13. The molecule has 2 saturated heterocycles. The standard InChI is InChI=1S/C20H24N4O/c25-20(24-10-4-5-11-24)19-9-8-18(16-21-19)23-14-12-22(13-15-23)17-6-2-1-3-7-17/h1-3,6-9,16H,4-5,10-15H2. The monoisotopic (exact) mass is 336 g/mol. The molecule has 0 saturated carbocycles. The van der Waals surface area contributed by atoms with Gasteiger partial charge in [0.05, 0.1) is 11.9 Å². The van der Waals surface area contributed by atoms with Gasteiger partial charge in [-0.1, -0.05) is 18.2 Å². The van der Waals surface area contributed by atoms with Gasteiger partial charge >= 0.3 is 0 Å². The number of carbonyl (C=O) groups is 1. The predicted molar refractivity (Wildman–Crippen MR) is 100 cm³/mol. The lowest BCUT2D eigenvalue weighted by Crippen LogP contribution is -2.46. The Morgan fingerprint density at radius 2 is 1.40 bits per heavy atom. The Kier molecular flexibility index (Phi) is 4.55. The Morgan fingerprint density at radius 1 is 0.760 bits per heavy atom. The summed E-state index contributed by atoms with van der Waals surface area (Å²) in [5.41, 5.74) is 2.95. The maximum atomic E-state index is 12.4. The molecule has 2 aromatic rings. The molecule has 0 aliphatic carbocycles. The van der Waals surface area contributed by atoms with Crippen LogP contribution in [0.5, 0.6) is 0 Å². The minimum Gasteiger partial charge on any atom is -0.368 e. The highest BCUT2D eigenvalue weighted by atomic mass is 16.2. The Bertz CT molecular complexity index is 702. The van der Waals surface area contributed by atoms with Crippen LogP contribution in [0.2, 0.25) is 0 Å².